The van der Waals surface area contributed by atoms with E-state index in [0.29, 0.717) is 26.3 Å². The molecule has 1 aliphatic rings. The van der Waals surface area contributed by atoms with Gasteiger partial charge in [0.1, 0.15) is 0 Å². The Morgan fingerprint density at radius 2 is 1.84 bits per heavy atom. The molecule has 1 saturated heterocycles. The molecule has 1 aliphatic heterocycles. The van der Waals surface area contributed by atoms with Gasteiger partial charge in [0.05, 0.1) is 40.0 Å². The van der Waals surface area contributed by atoms with Crippen LogP contribution in [0.1, 0.15) is 15.9 Å². The molecule has 8 nitrogen and oxygen atoms in total. The Bertz CT molecular complexity index is 1030. The van der Waals surface area contributed by atoms with E-state index in [4.69, 9.17) is 4.74 Å². The summed E-state index contributed by atoms with van der Waals surface area (Å²) < 4.78 is 44.6. The van der Waals surface area contributed by atoms with Crippen molar-refractivity contribution in [1.29, 1.82) is 0 Å². The molecule has 32 heavy (non-hydrogen) atoms. The maximum Gasteiger partial charge on any atom is 0.418 e. The van der Waals surface area contributed by atoms with Gasteiger partial charge in [0, 0.05) is 24.7 Å². The van der Waals surface area contributed by atoms with Gasteiger partial charge in [0.2, 0.25) is 5.91 Å². The van der Waals surface area contributed by atoms with Crippen molar-refractivity contribution in [2.75, 3.05) is 37.4 Å². The van der Waals surface area contributed by atoms with Crippen LogP contribution in [0.4, 0.5) is 24.5 Å². The number of nitro groups is 1. The highest BCUT2D eigenvalue weighted by Crippen LogP contribution is 2.35. The number of thioether (sulfide) groups is 1. The highest BCUT2D eigenvalue weighted by atomic mass is 32.2. The van der Waals surface area contributed by atoms with Gasteiger partial charge in [0.25, 0.3) is 11.6 Å². The molecule has 0 aliphatic carbocycles. The van der Waals surface area contributed by atoms with E-state index >= 15 is 0 Å². The van der Waals surface area contributed by atoms with Crippen LogP contribution in [0.3, 0.4) is 0 Å². The molecule has 0 aromatic heterocycles. The van der Waals surface area contributed by atoms with Gasteiger partial charge in [0.15, 0.2) is 0 Å². The molecule has 0 atom stereocenters. The molecule has 2 aromatic rings. The molecule has 2 amide bonds. The summed E-state index contributed by atoms with van der Waals surface area (Å²) in [5, 5.41) is 13.6. The number of hydrogen-bond acceptors (Lipinski definition) is 6. The largest absolute Gasteiger partial charge is 0.418 e. The van der Waals surface area contributed by atoms with Gasteiger partial charge in [-0.15, -0.1) is 11.8 Å². The fourth-order valence-corrected chi connectivity index (χ4v) is 3.91. The number of nitrogens with zero attached hydrogens (tertiary/aromatic N) is 2. The zero-order chi connectivity index (χ0) is 23.3. The average molecular weight is 469 g/mol. The van der Waals surface area contributed by atoms with Crippen molar-refractivity contribution in [1.82, 2.24) is 4.90 Å². The number of morpholine rings is 1. The molecule has 0 bridgehead atoms. The van der Waals surface area contributed by atoms with Crippen molar-refractivity contribution in [3.8, 4) is 0 Å². The van der Waals surface area contributed by atoms with E-state index in [0.717, 1.165) is 30.0 Å². The van der Waals surface area contributed by atoms with Crippen LogP contribution in [0.25, 0.3) is 0 Å². The number of nitrogens with one attached hydrogen (secondary N) is 1. The first-order chi connectivity index (χ1) is 15.2. The van der Waals surface area contributed by atoms with E-state index in [9.17, 15) is 32.9 Å². The van der Waals surface area contributed by atoms with E-state index in [1.54, 1.807) is 4.90 Å². The monoisotopic (exact) mass is 469 g/mol. The fraction of sp³-hybridized carbons (Fsp3) is 0.300. The Labute approximate surface area is 184 Å². The molecule has 170 valence electrons. The number of carbonyl (C=O) groups excluding carboxylic acids is 2. The number of hydrogen-bond donors (Lipinski definition) is 1. The second-order valence-corrected chi connectivity index (χ2v) is 7.74. The van der Waals surface area contributed by atoms with Gasteiger partial charge in [-0.05, 0) is 24.3 Å². The van der Waals surface area contributed by atoms with Gasteiger partial charge in [-0.2, -0.15) is 13.2 Å². The third-order valence-corrected chi connectivity index (χ3v) is 5.66. The summed E-state index contributed by atoms with van der Waals surface area (Å²) in [5.41, 5.74) is -2.09. The topological polar surface area (TPSA) is 102 Å². The minimum Gasteiger partial charge on any atom is -0.378 e. The summed E-state index contributed by atoms with van der Waals surface area (Å²) in [5.74, 6) is -1.16. The van der Waals surface area contributed by atoms with Crippen molar-refractivity contribution in [2.45, 2.75) is 11.1 Å². The van der Waals surface area contributed by atoms with E-state index < -0.39 is 33.9 Å². The minimum absolute atomic E-state index is 0.0364. The molecular formula is C20H18F3N3O5S. The first-order valence-corrected chi connectivity index (χ1v) is 10.4. The smallest absolute Gasteiger partial charge is 0.378 e. The molecule has 0 saturated carbocycles. The van der Waals surface area contributed by atoms with E-state index in [-0.39, 0.29) is 22.1 Å². The standard InChI is InChI=1S/C20H18F3N3O5S/c21-20(22,23)14-3-1-2-4-15(14)24-19(28)13-5-6-17(16(11-13)26(29)30)32-12-18(27)25-7-9-31-10-8-25/h1-6,11H,7-10,12H2,(H,24,28). The Morgan fingerprint density at radius 1 is 1.16 bits per heavy atom. The van der Waals surface area contributed by atoms with E-state index in [2.05, 4.69) is 5.32 Å². The number of carbonyl (C=O) groups is 2. The molecule has 0 radical (unpaired) electrons. The number of rotatable bonds is 6. The predicted molar refractivity (Wildman–Crippen MR) is 111 cm³/mol. The SMILES string of the molecule is O=C(Nc1ccccc1C(F)(F)F)c1ccc(SCC(=O)N2CCOCC2)c([N+](=O)[O-])c1. The first-order valence-electron chi connectivity index (χ1n) is 9.41. The number of ether oxygens (including phenoxy) is 1. The number of alkyl halides is 3. The van der Waals surface area contributed by atoms with Gasteiger partial charge in [-0.1, -0.05) is 12.1 Å². The summed E-state index contributed by atoms with van der Waals surface area (Å²) in [6.07, 6.45) is -4.68. The van der Waals surface area contributed by atoms with Crippen molar-refractivity contribution < 1.29 is 32.4 Å². The maximum absolute atomic E-state index is 13.1. The lowest BCUT2D eigenvalue weighted by molar-refractivity contribution is -0.387. The summed E-state index contributed by atoms with van der Waals surface area (Å²) in [7, 11) is 0. The quantitative estimate of drug-likeness (QED) is 0.392. The third-order valence-electron chi connectivity index (χ3n) is 4.61. The second kappa shape index (κ2) is 10.0. The maximum atomic E-state index is 13.1. The van der Waals surface area contributed by atoms with Gasteiger partial charge in [-0.3, -0.25) is 19.7 Å². The van der Waals surface area contributed by atoms with Gasteiger partial charge in [-0.25, -0.2) is 0 Å². The lowest BCUT2D eigenvalue weighted by Crippen LogP contribution is -2.41. The summed E-state index contributed by atoms with van der Waals surface area (Å²) in [4.78, 5) is 37.3. The third kappa shape index (κ3) is 5.77. The van der Waals surface area contributed by atoms with Gasteiger partial charge >= 0.3 is 6.18 Å². The summed E-state index contributed by atoms with van der Waals surface area (Å²) in [6.45, 7) is 1.75. The molecule has 3 rings (SSSR count). The average Bonchev–Trinajstić information content (AvgIpc) is 2.77. The number of para-hydroxylation sites is 1. The van der Waals surface area contributed by atoms with Crippen LogP contribution in [-0.4, -0.2) is 53.7 Å². The zero-order valence-electron chi connectivity index (χ0n) is 16.6. The highest BCUT2D eigenvalue weighted by molar-refractivity contribution is 8.00. The summed E-state index contributed by atoms with van der Waals surface area (Å²) >= 11 is 0.953. The van der Waals surface area contributed by atoms with E-state index in [1.165, 1.54) is 24.3 Å². The zero-order valence-corrected chi connectivity index (χ0v) is 17.4. The van der Waals surface area contributed by atoms with Crippen LogP contribution in [0.2, 0.25) is 0 Å². The molecule has 0 spiro atoms. The Kier molecular flexibility index (Phi) is 7.36. The van der Waals surface area contributed by atoms with Crippen LogP contribution < -0.4 is 5.32 Å². The predicted octanol–water partition coefficient (Wildman–Crippen LogP) is 3.82. The molecule has 0 unspecified atom stereocenters. The van der Waals surface area contributed by atoms with Crippen molar-refractivity contribution >= 4 is 35.0 Å². The number of nitro benzene ring substituents is 1. The minimum atomic E-state index is -4.68. The lowest BCUT2D eigenvalue weighted by atomic mass is 10.1. The number of anilines is 1. The Balaban J connectivity index is 1.75. The van der Waals surface area contributed by atoms with Crippen molar-refractivity contribution in [3.63, 3.8) is 0 Å². The molecular weight excluding hydrogens is 451 g/mol. The Hall–Kier alpha value is -3.12. The van der Waals surface area contributed by atoms with Crippen LogP contribution >= 0.6 is 11.8 Å². The number of halogens is 3. The van der Waals surface area contributed by atoms with Crippen LogP contribution in [0.5, 0.6) is 0 Å². The first kappa shape index (κ1) is 23.5. The molecule has 1 fully saturated rings. The van der Waals surface area contributed by atoms with Crippen molar-refractivity contribution in [3.05, 3.63) is 63.7 Å². The molecule has 1 heterocycles. The molecule has 12 heteroatoms. The van der Waals surface area contributed by atoms with Gasteiger partial charge < -0.3 is 15.0 Å². The van der Waals surface area contributed by atoms with E-state index in [1.807, 2.05) is 0 Å². The normalized spacial score (nSPS) is 14.2. The molecule has 2 aromatic carbocycles. The fourth-order valence-electron chi connectivity index (χ4n) is 3.00. The van der Waals surface area contributed by atoms with Crippen LogP contribution in [0, 0.1) is 10.1 Å². The number of benzene rings is 2. The highest BCUT2D eigenvalue weighted by Gasteiger charge is 2.33. The number of amides is 2. The summed E-state index contributed by atoms with van der Waals surface area (Å²) in [6, 6.07) is 7.99. The van der Waals surface area contributed by atoms with Crippen LogP contribution in [-0.2, 0) is 15.7 Å². The lowest BCUT2D eigenvalue weighted by Gasteiger charge is -2.26. The molecule has 1 N–H and O–H groups in total. The van der Waals surface area contributed by atoms with Crippen LogP contribution in [0.15, 0.2) is 47.4 Å². The Morgan fingerprint density at radius 3 is 2.50 bits per heavy atom. The van der Waals surface area contributed by atoms with Crippen molar-refractivity contribution in [2.24, 2.45) is 0 Å². The second-order valence-electron chi connectivity index (χ2n) is 6.72.